The summed E-state index contributed by atoms with van der Waals surface area (Å²) in [5.41, 5.74) is 2.52. The third-order valence-corrected chi connectivity index (χ3v) is 3.39. The van der Waals surface area contributed by atoms with Gasteiger partial charge in [-0.1, -0.05) is 25.1 Å². The lowest BCUT2D eigenvalue weighted by atomic mass is 10.1. The molecule has 1 aromatic carbocycles. The van der Waals surface area contributed by atoms with E-state index in [0.29, 0.717) is 12.6 Å². The number of carboxylic acids is 1. The smallest absolute Gasteiger partial charge is 0.305 e. The van der Waals surface area contributed by atoms with Gasteiger partial charge in [-0.3, -0.25) is 4.79 Å². The van der Waals surface area contributed by atoms with Gasteiger partial charge in [0.2, 0.25) is 0 Å². The average molecular weight is 248 g/mol. The zero-order valence-electron chi connectivity index (χ0n) is 10.7. The van der Waals surface area contributed by atoms with Crippen LogP contribution in [0.4, 0.5) is 5.69 Å². The van der Waals surface area contributed by atoms with Gasteiger partial charge < -0.3 is 15.3 Å². The Hall–Kier alpha value is -1.55. The third kappa shape index (κ3) is 2.82. The zero-order chi connectivity index (χ0) is 13.0. The van der Waals surface area contributed by atoms with Crippen LogP contribution in [0.25, 0.3) is 0 Å². The number of rotatable bonds is 6. The zero-order valence-corrected chi connectivity index (χ0v) is 10.7. The van der Waals surface area contributed by atoms with Gasteiger partial charge in [-0.05, 0) is 24.6 Å². The van der Waals surface area contributed by atoms with Crippen LogP contribution in [0.5, 0.6) is 0 Å². The summed E-state index contributed by atoms with van der Waals surface area (Å²) in [6.07, 6.45) is 1.19. The first-order valence-electron chi connectivity index (χ1n) is 6.49. The first kappa shape index (κ1) is 12.9. The largest absolute Gasteiger partial charge is 0.481 e. The van der Waals surface area contributed by atoms with Gasteiger partial charge in [0.25, 0.3) is 0 Å². The number of hydrogen-bond acceptors (Lipinski definition) is 3. The lowest BCUT2D eigenvalue weighted by molar-refractivity contribution is -0.136. The van der Waals surface area contributed by atoms with E-state index in [1.54, 1.807) is 0 Å². The molecule has 4 heteroatoms. The molecule has 1 aliphatic heterocycles. The summed E-state index contributed by atoms with van der Waals surface area (Å²) >= 11 is 0. The highest BCUT2D eigenvalue weighted by atomic mass is 16.4. The highest BCUT2D eigenvalue weighted by Crippen LogP contribution is 2.31. The Morgan fingerprint density at radius 3 is 3.00 bits per heavy atom. The number of carbonyl (C=O) groups is 1. The Kier molecular flexibility index (Phi) is 4.20. The van der Waals surface area contributed by atoms with Gasteiger partial charge >= 0.3 is 5.97 Å². The quantitative estimate of drug-likeness (QED) is 0.801. The van der Waals surface area contributed by atoms with Crippen molar-refractivity contribution in [1.29, 1.82) is 0 Å². The monoisotopic (exact) mass is 248 g/mol. The molecule has 0 aliphatic carbocycles. The van der Waals surface area contributed by atoms with Crippen LogP contribution in [0.3, 0.4) is 0 Å². The number of nitrogens with zero attached hydrogens (tertiary/aromatic N) is 1. The minimum absolute atomic E-state index is 0.191. The van der Waals surface area contributed by atoms with Crippen molar-refractivity contribution in [2.75, 3.05) is 24.5 Å². The molecule has 1 heterocycles. The molecule has 18 heavy (non-hydrogen) atoms. The van der Waals surface area contributed by atoms with Gasteiger partial charge in [0, 0.05) is 24.8 Å². The van der Waals surface area contributed by atoms with Crippen molar-refractivity contribution >= 4 is 11.7 Å². The van der Waals surface area contributed by atoms with E-state index in [0.717, 1.165) is 19.5 Å². The summed E-state index contributed by atoms with van der Waals surface area (Å²) in [5, 5.41) is 12.2. The maximum Gasteiger partial charge on any atom is 0.305 e. The van der Waals surface area contributed by atoms with Crippen LogP contribution in [0.1, 0.15) is 18.9 Å². The summed E-state index contributed by atoms with van der Waals surface area (Å²) in [4.78, 5) is 13.0. The van der Waals surface area contributed by atoms with Crippen molar-refractivity contribution in [3.05, 3.63) is 29.8 Å². The molecule has 0 spiro atoms. The van der Waals surface area contributed by atoms with E-state index in [1.807, 2.05) is 12.1 Å². The molecule has 2 N–H and O–H groups in total. The van der Waals surface area contributed by atoms with Gasteiger partial charge in [0.05, 0.1) is 6.42 Å². The Bertz CT molecular complexity index is 420. The fourth-order valence-electron chi connectivity index (χ4n) is 2.54. The summed E-state index contributed by atoms with van der Waals surface area (Å²) in [6.45, 7) is 4.52. The fourth-order valence-corrected chi connectivity index (χ4v) is 2.54. The first-order valence-corrected chi connectivity index (χ1v) is 6.49. The molecule has 0 aromatic heterocycles. The second-order valence-corrected chi connectivity index (χ2v) is 4.63. The summed E-state index contributed by atoms with van der Waals surface area (Å²) in [6, 6.07) is 8.66. The summed E-state index contributed by atoms with van der Waals surface area (Å²) in [5.74, 6) is -0.735. The first-order chi connectivity index (χ1) is 8.72. The van der Waals surface area contributed by atoms with Crippen LogP contribution in [0, 0.1) is 0 Å². The predicted molar refractivity (Wildman–Crippen MR) is 72.1 cm³/mol. The van der Waals surface area contributed by atoms with E-state index in [2.05, 4.69) is 29.3 Å². The number of para-hydroxylation sites is 1. The van der Waals surface area contributed by atoms with Crippen LogP contribution in [-0.4, -0.2) is 36.8 Å². The molecule has 1 unspecified atom stereocenters. The van der Waals surface area contributed by atoms with Gasteiger partial charge in [-0.25, -0.2) is 0 Å². The molecule has 1 aliphatic rings. The molecule has 0 fully saturated rings. The standard InChI is InChI=1S/C14H20N2O2/c1-2-15-10-12-9-11-5-3-4-6-13(11)16(12)8-7-14(17)18/h3-6,12,15H,2,7-10H2,1H3,(H,17,18). The molecule has 1 aromatic rings. The number of aliphatic carboxylic acids is 1. The van der Waals surface area contributed by atoms with Crippen LogP contribution in [0.15, 0.2) is 24.3 Å². The predicted octanol–water partition coefficient (Wildman–Crippen LogP) is 1.50. The topological polar surface area (TPSA) is 52.6 Å². The minimum Gasteiger partial charge on any atom is -0.481 e. The highest BCUT2D eigenvalue weighted by molar-refractivity contribution is 5.68. The molecular formula is C14H20N2O2. The van der Waals surface area contributed by atoms with Gasteiger partial charge in [0.1, 0.15) is 0 Å². The Morgan fingerprint density at radius 1 is 1.50 bits per heavy atom. The number of likely N-dealkylation sites (N-methyl/N-ethyl adjacent to an activating group) is 1. The van der Waals surface area contributed by atoms with E-state index >= 15 is 0 Å². The molecule has 98 valence electrons. The second kappa shape index (κ2) is 5.87. The van der Waals surface area contributed by atoms with Gasteiger partial charge in [-0.15, -0.1) is 0 Å². The number of anilines is 1. The lowest BCUT2D eigenvalue weighted by Crippen LogP contribution is -2.41. The second-order valence-electron chi connectivity index (χ2n) is 4.63. The number of carboxylic acid groups (broad SMARTS) is 1. The van der Waals surface area contributed by atoms with E-state index < -0.39 is 5.97 Å². The van der Waals surface area contributed by atoms with Crippen molar-refractivity contribution in [2.24, 2.45) is 0 Å². The van der Waals surface area contributed by atoms with Crippen LogP contribution >= 0.6 is 0 Å². The fraction of sp³-hybridized carbons (Fsp3) is 0.500. The maximum atomic E-state index is 10.7. The van der Waals surface area contributed by atoms with Crippen molar-refractivity contribution in [3.8, 4) is 0 Å². The average Bonchev–Trinajstić information content (AvgIpc) is 2.71. The molecule has 0 bridgehead atoms. The SMILES string of the molecule is CCNCC1Cc2ccccc2N1CCC(=O)O. The number of hydrogen-bond donors (Lipinski definition) is 2. The van der Waals surface area contributed by atoms with Crippen LogP contribution in [0.2, 0.25) is 0 Å². The van der Waals surface area contributed by atoms with Gasteiger partial charge in [-0.2, -0.15) is 0 Å². The maximum absolute atomic E-state index is 10.7. The Labute approximate surface area is 108 Å². The highest BCUT2D eigenvalue weighted by Gasteiger charge is 2.28. The Morgan fingerprint density at radius 2 is 2.28 bits per heavy atom. The lowest BCUT2D eigenvalue weighted by Gasteiger charge is -2.27. The molecule has 0 saturated carbocycles. The van der Waals surface area contributed by atoms with E-state index in [-0.39, 0.29) is 6.42 Å². The molecule has 0 saturated heterocycles. The molecule has 2 rings (SSSR count). The number of fused-ring (bicyclic) bond motifs is 1. The van der Waals surface area contributed by atoms with Crippen molar-refractivity contribution in [3.63, 3.8) is 0 Å². The number of benzene rings is 1. The van der Waals surface area contributed by atoms with Crippen molar-refractivity contribution in [2.45, 2.75) is 25.8 Å². The van der Waals surface area contributed by atoms with Crippen molar-refractivity contribution < 1.29 is 9.90 Å². The third-order valence-electron chi connectivity index (χ3n) is 3.39. The number of nitrogens with one attached hydrogen (secondary N) is 1. The van der Waals surface area contributed by atoms with Crippen molar-refractivity contribution in [1.82, 2.24) is 5.32 Å². The molecule has 4 nitrogen and oxygen atoms in total. The minimum atomic E-state index is -0.735. The van der Waals surface area contributed by atoms with E-state index in [9.17, 15) is 4.79 Å². The normalized spacial score (nSPS) is 17.8. The van der Waals surface area contributed by atoms with Gasteiger partial charge in [0.15, 0.2) is 0 Å². The van der Waals surface area contributed by atoms with Crippen LogP contribution < -0.4 is 10.2 Å². The summed E-state index contributed by atoms with van der Waals surface area (Å²) < 4.78 is 0. The van der Waals surface area contributed by atoms with E-state index in [4.69, 9.17) is 5.11 Å². The van der Waals surface area contributed by atoms with E-state index in [1.165, 1.54) is 11.3 Å². The van der Waals surface area contributed by atoms with Crippen LogP contribution in [-0.2, 0) is 11.2 Å². The molecular weight excluding hydrogens is 228 g/mol. The molecule has 0 radical (unpaired) electrons. The Balaban J connectivity index is 2.10. The molecule has 1 atom stereocenters. The molecule has 0 amide bonds. The summed E-state index contributed by atoms with van der Waals surface area (Å²) in [7, 11) is 0.